The van der Waals surface area contributed by atoms with Crippen LogP contribution in [0.15, 0.2) is 52.9 Å². The average Bonchev–Trinajstić information content (AvgIpc) is 2.60. The summed E-state index contributed by atoms with van der Waals surface area (Å²) in [7, 11) is 0. The number of nitrogens with one attached hydrogen (secondary N) is 1. The van der Waals surface area contributed by atoms with Crippen LogP contribution < -0.4 is 5.56 Å². The first-order valence-corrected chi connectivity index (χ1v) is 8.62. The summed E-state index contributed by atoms with van der Waals surface area (Å²) in [6.07, 6.45) is 3.00. The number of carboxylic acid groups (broad SMARTS) is 1. The Hall–Kier alpha value is -2.66. The highest BCUT2D eigenvalue weighted by atomic mass is 35.5. The number of allylic oxidation sites excluding steroid dienone is 4. The monoisotopic (exact) mass is 374 g/mol. The molecule has 2 rings (SSSR count). The predicted octanol–water partition coefficient (Wildman–Crippen LogP) is 4.98. The molecule has 5 nitrogen and oxygen atoms in total. The Kier molecular flexibility index (Phi) is 8.00. The Balaban J connectivity index is 0.00000163. The van der Waals surface area contributed by atoms with Crippen LogP contribution >= 0.6 is 11.6 Å². The van der Waals surface area contributed by atoms with Gasteiger partial charge in [-0.3, -0.25) is 9.59 Å². The van der Waals surface area contributed by atoms with E-state index in [0.29, 0.717) is 32.9 Å². The van der Waals surface area contributed by atoms with Crippen LogP contribution in [0.2, 0.25) is 5.02 Å². The van der Waals surface area contributed by atoms with Crippen molar-refractivity contribution in [1.82, 2.24) is 9.97 Å². The molecule has 0 radical (unpaired) electrons. The molecule has 0 aliphatic carbocycles. The molecular formula is C20H23ClN2O3. The quantitative estimate of drug-likeness (QED) is 0.722. The molecule has 0 saturated heterocycles. The van der Waals surface area contributed by atoms with E-state index in [0.717, 1.165) is 5.57 Å². The van der Waals surface area contributed by atoms with Crippen molar-refractivity contribution in [3.05, 3.63) is 69.3 Å². The molecule has 0 amide bonds. The number of halogens is 1. The summed E-state index contributed by atoms with van der Waals surface area (Å²) in [6.45, 7) is 11.4. The van der Waals surface area contributed by atoms with E-state index >= 15 is 0 Å². The Morgan fingerprint density at radius 1 is 1.35 bits per heavy atom. The number of benzene rings is 1. The molecule has 0 saturated carbocycles. The van der Waals surface area contributed by atoms with Gasteiger partial charge in [0.05, 0.1) is 17.3 Å². The molecule has 26 heavy (non-hydrogen) atoms. The highest BCUT2D eigenvalue weighted by Crippen LogP contribution is 2.22. The molecule has 0 spiro atoms. The molecule has 0 aliphatic rings. The smallest absolute Gasteiger partial charge is 0.307 e. The third-order valence-electron chi connectivity index (χ3n) is 3.41. The van der Waals surface area contributed by atoms with E-state index < -0.39 is 5.97 Å². The lowest BCUT2D eigenvalue weighted by Gasteiger charge is -2.08. The fourth-order valence-electron chi connectivity index (χ4n) is 2.23. The van der Waals surface area contributed by atoms with Crippen molar-refractivity contribution in [3.63, 3.8) is 0 Å². The highest BCUT2D eigenvalue weighted by Gasteiger charge is 2.10. The maximum atomic E-state index is 12.3. The lowest BCUT2D eigenvalue weighted by molar-refractivity contribution is -0.136. The van der Waals surface area contributed by atoms with Gasteiger partial charge in [0, 0.05) is 10.6 Å². The standard InChI is InChI=1S/C18H17ClN2O3.C2H6/c1-4-11(8-16(22)23)7-13(10(2)3)17-20-15-6-5-12(19)9-14(15)18(24)21-17;1-2/h4-7,9H,1,8H2,2-3H3,(H,22,23)(H,20,21,24);1-2H3/b11-7+;. The number of fused-ring (bicyclic) bond motifs is 1. The Bertz CT molecular complexity index is 936. The van der Waals surface area contributed by atoms with E-state index in [9.17, 15) is 9.59 Å². The molecule has 1 heterocycles. The molecule has 138 valence electrons. The number of hydrogen-bond acceptors (Lipinski definition) is 3. The summed E-state index contributed by atoms with van der Waals surface area (Å²) in [5.74, 6) is -0.580. The molecule has 1 aromatic heterocycles. The first-order chi connectivity index (χ1) is 12.3. The zero-order valence-corrected chi connectivity index (χ0v) is 16.1. The van der Waals surface area contributed by atoms with Crippen LogP contribution in [0.4, 0.5) is 0 Å². The highest BCUT2D eigenvalue weighted by molar-refractivity contribution is 6.31. The zero-order chi connectivity index (χ0) is 19.9. The van der Waals surface area contributed by atoms with Gasteiger partial charge in [0.15, 0.2) is 0 Å². The first-order valence-electron chi connectivity index (χ1n) is 8.24. The first kappa shape index (κ1) is 21.4. The lowest BCUT2D eigenvalue weighted by atomic mass is 10.0. The number of hydrogen-bond donors (Lipinski definition) is 2. The van der Waals surface area contributed by atoms with E-state index in [2.05, 4.69) is 16.5 Å². The number of nitrogens with zero attached hydrogens (tertiary/aromatic N) is 1. The molecule has 1 aromatic carbocycles. The van der Waals surface area contributed by atoms with Crippen molar-refractivity contribution in [2.75, 3.05) is 0 Å². The maximum Gasteiger partial charge on any atom is 0.307 e. The Labute approximate surface area is 157 Å². The van der Waals surface area contributed by atoms with Crippen LogP contribution in [-0.2, 0) is 4.79 Å². The summed E-state index contributed by atoms with van der Waals surface area (Å²) in [6, 6.07) is 4.90. The van der Waals surface area contributed by atoms with Crippen LogP contribution in [0.3, 0.4) is 0 Å². The molecule has 2 aromatic rings. The van der Waals surface area contributed by atoms with Gasteiger partial charge in [-0.05, 0) is 43.7 Å². The molecule has 6 heteroatoms. The summed E-state index contributed by atoms with van der Waals surface area (Å²) in [5.41, 5.74) is 2.28. The van der Waals surface area contributed by atoms with Gasteiger partial charge in [0.1, 0.15) is 5.82 Å². The summed E-state index contributed by atoms with van der Waals surface area (Å²) in [4.78, 5) is 30.4. The molecule has 0 atom stereocenters. The zero-order valence-electron chi connectivity index (χ0n) is 15.4. The SMILES string of the molecule is C=C/C(=C\C(=C(C)C)c1nc2ccc(Cl)cc2c(=O)[nH]1)CC(=O)O.CC. The Morgan fingerprint density at radius 2 is 2.00 bits per heavy atom. The summed E-state index contributed by atoms with van der Waals surface area (Å²) < 4.78 is 0. The minimum absolute atomic E-state index is 0.159. The van der Waals surface area contributed by atoms with Crippen LogP contribution in [-0.4, -0.2) is 21.0 Å². The summed E-state index contributed by atoms with van der Waals surface area (Å²) >= 11 is 5.91. The molecule has 0 fully saturated rings. The van der Waals surface area contributed by atoms with Crippen molar-refractivity contribution in [2.45, 2.75) is 34.1 Å². The van der Waals surface area contributed by atoms with Gasteiger partial charge in [-0.25, -0.2) is 4.98 Å². The van der Waals surface area contributed by atoms with Gasteiger partial charge in [-0.15, -0.1) is 0 Å². The van der Waals surface area contributed by atoms with Gasteiger partial charge >= 0.3 is 5.97 Å². The fourth-order valence-corrected chi connectivity index (χ4v) is 2.40. The molecule has 0 aliphatic heterocycles. The minimum Gasteiger partial charge on any atom is -0.481 e. The van der Waals surface area contributed by atoms with Crippen molar-refractivity contribution < 1.29 is 9.90 Å². The van der Waals surface area contributed by atoms with Gasteiger partial charge in [0.25, 0.3) is 5.56 Å². The molecular weight excluding hydrogens is 352 g/mol. The second-order valence-electron chi connectivity index (χ2n) is 5.48. The van der Waals surface area contributed by atoms with E-state index in [4.69, 9.17) is 16.7 Å². The maximum absolute atomic E-state index is 12.3. The molecule has 0 bridgehead atoms. The van der Waals surface area contributed by atoms with Gasteiger partial charge in [-0.1, -0.05) is 43.7 Å². The lowest BCUT2D eigenvalue weighted by Crippen LogP contribution is -2.11. The van der Waals surface area contributed by atoms with Crippen molar-refractivity contribution in [2.24, 2.45) is 0 Å². The number of rotatable bonds is 5. The third kappa shape index (κ3) is 5.43. The van der Waals surface area contributed by atoms with E-state index in [1.165, 1.54) is 6.08 Å². The number of carbonyl (C=O) groups is 1. The topological polar surface area (TPSA) is 83.0 Å². The normalized spacial score (nSPS) is 10.7. The van der Waals surface area contributed by atoms with Crippen LogP contribution in [0.25, 0.3) is 16.5 Å². The van der Waals surface area contributed by atoms with E-state index in [-0.39, 0.29) is 12.0 Å². The second-order valence-corrected chi connectivity index (χ2v) is 5.92. The van der Waals surface area contributed by atoms with E-state index in [1.807, 2.05) is 27.7 Å². The van der Waals surface area contributed by atoms with Crippen molar-refractivity contribution in [3.8, 4) is 0 Å². The van der Waals surface area contributed by atoms with E-state index in [1.54, 1.807) is 24.3 Å². The van der Waals surface area contributed by atoms with Gasteiger partial charge in [-0.2, -0.15) is 0 Å². The molecule has 0 unspecified atom stereocenters. The van der Waals surface area contributed by atoms with Crippen molar-refractivity contribution >= 4 is 34.0 Å². The van der Waals surface area contributed by atoms with Crippen LogP contribution in [0, 0.1) is 0 Å². The van der Waals surface area contributed by atoms with Gasteiger partial charge < -0.3 is 10.1 Å². The number of aliphatic carboxylic acids is 1. The molecule has 2 N–H and O–H groups in total. The predicted molar refractivity (Wildman–Crippen MR) is 108 cm³/mol. The Morgan fingerprint density at radius 3 is 2.54 bits per heavy atom. The largest absolute Gasteiger partial charge is 0.481 e. The van der Waals surface area contributed by atoms with Crippen LogP contribution in [0.5, 0.6) is 0 Å². The fraction of sp³-hybridized carbons (Fsp3) is 0.250. The van der Waals surface area contributed by atoms with Crippen LogP contribution in [0.1, 0.15) is 39.9 Å². The number of aromatic amines is 1. The average molecular weight is 375 g/mol. The second kappa shape index (κ2) is 9.73. The van der Waals surface area contributed by atoms with Crippen molar-refractivity contribution in [1.29, 1.82) is 0 Å². The number of aromatic nitrogens is 2. The van der Waals surface area contributed by atoms with Gasteiger partial charge in [0.2, 0.25) is 0 Å². The third-order valence-corrected chi connectivity index (χ3v) is 3.64. The number of carboxylic acids is 1. The minimum atomic E-state index is -0.955. The summed E-state index contributed by atoms with van der Waals surface area (Å²) in [5, 5.41) is 9.82. The number of H-pyrrole nitrogens is 1.